The fraction of sp³-hybridized carbons (Fsp3) is 0.438. The number of halogens is 3. The lowest BCUT2D eigenvalue weighted by Crippen LogP contribution is -2.48. The average molecular weight is 328 g/mol. The normalized spacial score (nSPS) is 15.3. The molecule has 0 N–H and O–H groups in total. The molecule has 0 radical (unpaired) electrons. The Balaban J connectivity index is 1.68. The number of benzene rings is 1. The second-order valence-corrected chi connectivity index (χ2v) is 5.23. The summed E-state index contributed by atoms with van der Waals surface area (Å²) in [6, 6.07) is 9.99. The molecular formula is C16H19F3N2O2. The van der Waals surface area contributed by atoms with E-state index in [-0.39, 0.29) is 13.2 Å². The van der Waals surface area contributed by atoms with Crippen LogP contribution in [0.1, 0.15) is 6.42 Å². The molecule has 0 aromatic heterocycles. The number of carbonyl (C=O) groups is 1. The Morgan fingerprint density at radius 2 is 1.70 bits per heavy atom. The summed E-state index contributed by atoms with van der Waals surface area (Å²) in [5, 5.41) is 0. The molecule has 2 rings (SSSR count). The third-order valence-electron chi connectivity index (χ3n) is 3.64. The van der Waals surface area contributed by atoms with E-state index in [1.807, 2.05) is 35.2 Å². The van der Waals surface area contributed by atoms with Crippen molar-refractivity contribution in [3.05, 3.63) is 42.2 Å². The predicted octanol–water partition coefficient (Wildman–Crippen LogP) is 2.82. The van der Waals surface area contributed by atoms with E-state index in [9.17, 15) is 18.0 Å². The first kappa shape index (κ1) is 17.3. The molecule has 1 heterocycles. The van der Waals surface area contributed by atoms with Gasteiger partial charge >= 0.3 is 12.0 Å². The van der Waals surface area contributed by atoms with Crippen molar-refractivity contribution in [2.75, 3.05) is 44.2 Å². The quantitative estimate of drug-likeness (QED) is 0.752. The minimum absolute atomic E-state index is 0.0894. The minimum Gasteiger partial charge on any atom is -0.464 e. The first-order valence-electron chi connectivity index (χ1n) is 7.44. The average Bonchev–Trinajstić information content (AvgIpc) is 2.56. The van der Waals surface area contributed by atoms with Crippen molar-refractivity contribution in [1.82, 2.24) is 4.90 Å². The van der Waals surface area contributed by atoms with Gasteiger partial charge in [-0.2, -0.15) is 8.78 Å². The molecule has 0 atom stereocenters. The molecule has 0 bridgehead atoms. The molecule has 7 heteroatoms. The highest BCUT2D eigenvalue weighted by Crippen LogP contribution is 2.15. The topological polar surface area (TPSA) is 32.8 Å². The molecular weight excluding hydrogens is 309 g/mol. The fourth-order valence-corrected chi connectivity index (χ4v) is 2.38. The number of hydrogen-bond acceptors (Lipinski definition) is 4. The van der Waals surface area contributed by atoms with Gasteiger partial charge in [0.2, 0.25) is 0 Å². The van der Waals surface area contributed by atoms with E-state index in [2.05, 4.69) is 4.90 Å². The summed E-state index contributed by atoms with van der Waals surface area (Å²) in [5.74, 6) is -2.06. The van der Waals surface area contributed by atoms with Crippen LogP contribution in [0.25, 0.3) is 0 Å². The third kappa shape index (κ3) is 5.59. The molecule has 4 nitrogen and oxygen atoms in total. The predicted molar refractivity (Wildman–Crippen MR) is 81.0 cm³/mol. The molecule has 1 aromatic carbocycles. The molecule has 1 aliphatic heterocycles. The van der Waals surface area contributed by atoms with Gasteiger partial charge < -0.3 is 9.64 Å². The summed E-state index contributed by atoms with van der Waals surface area (Å²) in [7, 11) is 0. The molecule has 0 spiro atoms. The van der Waals surface area contributed by atoms with Gasteiger partial charge in [0.05, 0.1) is 13.2 Å². The zero-order chi connectivity index (χ0) is 16.7. The van der Waals surface area contributed by atoms with Crippen LogP contribution in [0.3, 0.4) is 0 Å². The van der Waals surface area contributed by atoms with Gasteiger partial charge in [-0.05, 0) is 12.1 Å². The minimum atomic E-state index is -2.36. The molecule has 0 amide bonds. The molecule has 1 fully saturated rings. The van der Waals surface area contributed by atoms with Crippen LogP contribution >= 0.6 is 0 Å². The zero-order valence-electron chi connectivity index (χ0n) is 12.7. The number of esters is 1. The van der Waals surface area contributed by atoms with Crippen LogP contribution in [0, 0.1) is 0 Å². The standard InChI is InChI=1S/C16H19F3N2O2/c17-14(16(18)19)6-11-23-15(22)12-20-7-9-21(10-8-20)13-4-2-1-3-5-13/h1-5H,6-12H2. The highest BCUT2D eigenvalue weighted by atomic mass is 19.3. The van der Waals surface area contributed by atoms with Gasteiger partial charge in [-0.3, -0.25) is 9.69 Å². The Morgan fingerprint density at radius 1 is 1.04 bits per heavy atom. The number of nitrogens with zero attached hydrogens (tertiary/aromatic N) is 2. The van der Waals surface area contributed by atoms with E-state index in [0.717, 1.165) is 18.8 Å². The van der Waals surface area contributed by atoms with Gasteiger partial charge in [0.15, 0.2) is 5.83 Å². The van der Waals surface area contributed by atoms with Crippen molar-refractivity contribution >= 4 is 11.7 Å². The summed E-state index contributed by atoms with van der Waals surface area (Å²) in [4.78, 5) is 15.8. The van der Waals surface area contributed by atoms with Crippen molar-refractivity contribution in [3.8, 4) is 0 Å². The van der Waals surface area contributed by atoms with E-state index in [4.69, 9.17) is 4.74 Å². The van der Waals surface area contributed by atoms with Crippen LogP contribution in [-0.2, 0) is 9.53 Å². The maximum absolute atomic E-state index is 12.6. The largest absolute Gasteiger partial charge is 0.464 e. The van der Waals surface area contributed by atoms with Crippen LogP contribution < -0.4 is 4.90 Å². The summed E-state index contributed by atoms with van der Waals surface area (Å²) in [6.07, 6.45) is -2.95. The number of ether oxygens (including phenoxy) is 1. The van der Waals surface area contributed by atoms with Crippen LogP contribution in [-0.4, -0.2) is 50.2 Å². The highest BCUT2D eigenvalue weighted by Gasteiger charge is 2.19. The Hall–Kier alpha value is -2.02. The fourth-order valence-electron chi connectivity index (χ4n) is 2.38. The lowest BCUT2D eigenvalue weighted by Gasteiger charge is -2.35. The van der Waals surface area contributed by atoms with Crippen molar-refractivity contribution in [1.29, 1.82) is 0 Å². The number of carbonyl (C=O) groups excluding carboxylic acids is 1. The Kier molecular flexibility index (Phi) is 6.46. The third-order valence-corrected chi connectivity index (χ3v) is 3.64. The van der Waals surface area contributed by atoms with Crippen LogP contribution in [0.2, 0.25) is 0 Å². The molecule has 0 saturated carbocycles. The molecule has 0 aliphatic carbocycles. The van der Waals surface area contributed by atoms with Crippen LogP contribution in [0.15, 0.2) is 42.2 Å². The van der Waals surface area contributed by atoms with E-state index in [0.29, 0.717) is 13.1 Å². The maximum Gasteiger partial charge on any atom is 0.320 e. The lowest BCUT2D eigenvalue weighted by molar-refractivity contribution is -0.145. The second kappa shape index (κ2) is 8.57. The second-order valence-electron chi connectivity index (χ2n) is 5.23. The Bertz CT molecular complexity index is 540. The SMILES string of the molecule is O=C(CN1CCN(c2ccccc2)CC1)OCCC(F)=C(F)F. The molecule has 0 unspecified atom stereocenters. The summed E-state index contributed by atoms with van der Waals surface area (Å²) in [6.45, 7) is 2.72. The Morgan fingerprint density at radius 3 is 2.30 bits per heavy atom. The van der Waals surface area contributed by atoms with Gasteiger partial charge in [-0.15, -0.1) is 0 Å². The van der Waals surface area contributed by atoms with Crippen LogP contribution in [0.5, 0.6) is 0 Å². The van der Waals surface area contributed by atoms with E-state index >= 15 is 0 Å². The smallest absolute Gasteiger partial charge is 0.320 e. The monoisotopic (exact) mass is 328 g/mol. The number of rotatable bonds is 6. The van der Waals surface area contributed by atoms with Crippen molar-refractivity contribution in [2.24, 2.45) is 0 Å². The lowest BCUT2D eigenvalue weighted by atomic mass is 10.2. The van der Waals surface area contributed by atoms with E-state index in [1.54, 1.807) is 0 Å². The number of para-hydroxylation sites is 1. The number of anilines is 1. The van der Waals surface area contributed by atoms with Gasteiger partial charge in [0, 0.05) is 38.3 Å². The van der Waals surface area contributed by atoms with Crippen molar-refractivity contribution in [3.63, 3.8) is 0 Å². The van der Waals surface area contributed by atoms with Crippen LogP contribution in [0.4, 0.5) is 18.9 Å². The highest BCUT2D eigenvalue weighted by molar-refractivity contribution is 5.71. The van der Waals surface area contributed by atoms with Crippen molar-refractivity contribution in [2.45, 2.75) is 6.42 Å². The van der Waals surface area contributed by atoms with E-state index in [1.165, 1.54) is 0 Å². The van der Waals surface area contributed by atoms with Gasteiger partial charge in [0.25, 0.3) is 0 Å². The number of piperazine rings is 1. The molecule has 1 aliphatic rings. The van der Waals surface area contributed by atoms with Gasteiger partial charge in [0.1, 0.15) is 0 Å². The molecule has 23 heavy (non-hydrogen) atoms. The molecule has 1 saturated heterocycles. The maximum atomic E-state index is 12.6. The van der Waals surface area contributed by atoms with Gasteiger partial charge in [-0.25, -0.2) is 4.39 Å². The van der Waals surface area contributed by atoms with Gasteiger partial charge in [-0.1, -0.05) is 18.2 Å². The van der Waals surface area contributed by atoms with E-state index < -0.39 is 24.3 Å². The first-order valence-corrected chi connectivity index (χ1v) is 7.44. The summed E-state index contributed by atoms with van der Waals surface area (Å²) in [5.41, 5.74) is 1.14. The Labute approximate surface area is 133 Å². The first-order chi connectivity index (χ1) is 11.1. The molecule has 1 aromatic rings. The summed E-state index contributed by atoms with van der Waals surface area (Å²) >= 11 is 0. The zero-order valence-corrected chi connectivity index (χ0v) is 12.7. The van der Waals surface area contributed by atoms with Crippen molar-refractivity contribution < 1.29 is 22.7 Å². The number of hydrogen-bond donors (Lipinski definition) is 0. The molecule has 126 valence electrons. The summed E-state index contributed by atoms with van der Waals surface area (Å²) < 4.78 is 41.0.